The van der Waals surface area contributed by atoms with Crippen molar-refractivity contribution < 1.29 is 9.13 Å². The Bertz CT molecular complexity index is 406. The maximum absolute atomic E-state index is 14.3. The Kier molecular flexibility index (Phi) is 7.00. The van der Waals surface area contributed by atoms with Crippen LogP contribution in [0.3, 0.4) is 0 Å². The predicted octanol–water partition coefficient (Wildman–Crippen LogP) is 4.04. The summed E-state index contributed by atoms with van der Waals surface area (Å²) in [6, 6.07) is 5.76. The lowest BCUT2D eigenvalue weighted by atomic mass is 9.83. The molecule has 0 spiro atoms. The smallest absolute Gasteiger partial charge is 0.168 e. The van der Waals surface area contributed by atoms with Crippen LogP contribution in [0.15, 0.2) is 18.2 Å². The molecule has 2 atom stereocenters. The van der Waals surface area contributed by atoms with Gasteiger partial charge in [0.2, 0.25) is 0 Å². The van der Waals surface area contributed by atoms with Crippen LogP contribution in [0.25, 0.3) is 0 Å². The minimum Gasteiger partial charge on any atom is -0.494 e. The Hall–Kier alpha value is -1.09. The fraction of sp³-hybridized carbons (Fsp3) is 0.647. The predicted molar refractivity (Wildman–Crippen MR) is 82.7 cm³/mol. The summed E-state index contributed by atoms with van der Waals surface area (Å²) >= 11 is 0. The molecule has 0 saturated heterocycles. The number of benzene rings is 1. The molecular formula is C17H28FNO. The summed E-state index contributed by atoms with van der Waals surface area (Å²) < 4.78 is 19.3. The van der Waals surface area contributed by atoms with E-state index in [1.54, 1.807) is 6.07 Å². The maximum atomic E-state index is 14.3. The third-order valence-electron chi connectivity index (χ3n) is 3.93. The Morgan fingerprint density at radius 1 is 1.25 bits per heavy atom. The molecule has 2 unspecified atom stereocenters. The standard InChI is InChI=1S/C17H28FNO/c1-6-10-19-13(4)15(12(2)3)11-14-8-7-9-16(20-5)17(14)18/h7-9,12-13,15,19H,6,10-11H2,1-5H3. The third-order valence-corrected chi connectivity index (χ3v) is 3.93. The van der Waals surface area contributed by atoms with Gasteiger partial charge in [-0.15, -0.1) is 0 Å². The zero-order chi connectivity index (χ0) is 15.1. The van der Waals surface area contributed by atoms with E-state index in [9.17, 15) is 4.39 Å². The first-order valence-corrected chi connectivity index (χ1v) is 7.56. The summed E-state index contributed by atoms with van der Waals surface area (Å²) in [5.41, 5.74) is 0.744. The van der Waals surface area contributed by atoms with Gasteiger partial charge in [-0.25, -0.2) is 4.39 Å². The van der Waals surface area contributed by atoms with Crippen LogP contribution >= 0.6 is 0 Å². The zero-order valence-electron chi connectivity index (χ0n) is 13.4. The van der Waals surface area contributed by atoms with Crippen LogP contribution < -0.4 is 10.1 Å². The molecule has 0 aliphatic rings. The monoisotopic (exact) mass is 281 g/mol. The highest BCUT2D eigenvalue weighted by Crippen LogP contribution is 2.26. The van der Waals surface area contributed by atoms with E-state index in [0.29, 0.717) is 23.6 Å². The largest absolute Gasteiger partial charge is 0.494 e. The fourth-order valence-electron chi connectivity index (χ4n) is 2.64. The maximum Gasteiger partial charge on any atom is 0.168 e. The molecule has 1 aromatic carbocycles. The molecule has 0 heterocycles. The van der Waals surface area contributed by atoms with Gasteiger partial charge in [0.1, 0.15) is 0 Å². The lowest BCUT2D eigenvalue weighted by Gasteiger charge is -2.29. The summed E-state index contributed by atoms with van der Waals surface area (Å²) in [5, 5.41) is 3.53. The summed E-state index contributed by atoms with van der Waals surface area (Å²) in [7, 11) is 1.51. The molecule has 0 amide bonds. The minimum atomic E-state index is -0.219. The van der Waals surface area contributed by atoms with Gasteiger partial charge in [0, 0.05) is 6.04 Å². The van der Waals surface area contributed by atoms with Crippen molar-refractivity contribution in [1.82, 2.24) is 5.32 Å². The van der Waals surface area contributed by atoms with Gasteiger partial charge in [0.05, 0.1) is 7.11 Å². The van der Waals surface area contributed by atoms with E-state index < -0.39 is 0 Å². The summed E-state index contributed by atoms with van der Waals surface area (Å²) in [4.78, 5) is 0. The van der Waals surface area contributed by atoms with E-state index >= 15 is 0 Å². The van der Waals surface area contributed by atoms with Gasteiger partial charge in [0.25, 0.3) is 0 Å². The topological polar surface area (TPSA) is 21.3 Å². The molecule has 3 heteroatoms. The summed E-state index contributed by atoms with van der Waals surface area (Å²) in [5.74, 6) is 1.02. The molecule has 1 aromatic rings. The number of ether oxygens (including phenoxy) is 1. The Morgan fingerprint density at radius 3 is 2.50 bits per heavy atom. The first-order chi connectivity index (χ1) is 9.51. The molecule has 0 radical (unpaired) electrons. The molecule has 114 valence electrons. The number of rotatable bonds is 8. The average Bonchev–Trinajstić information content (AvgIpc) is 2.43. The Labute approximate surface area is 122 Å². The highest BCUT2D eigenvalue weighted by atomic mass is 19.1. The van der Waals surface area contributed by atoms with Crippen molar-refractivity contribution in [3.63, 3.8) is 0 Å². The Balaban J connectivity index is 2.85. The SMILES string of the molecule is CCCNC(C)C(Cc1cccc(OC)c1F)C(C)C. The lowest BCUT2D eigenvalue weighted by molar-refractivity contribution is 0.285. The number of methoxy groups -OCH3 is 1. The van der Waals surface area contributed by atoms with E-state index in [-0.39, 0.29) is 5.82 Å². The second kappa shape index (κ2) is 8.25. The van der Waals surface area contributed by atoms with Crippen molar-refractivity contribution in [3.8, 4) is 5.75 Å². The van der Waals surface area contributed by atoms with Gasteiger partial charge in [-0.3, -0.25) is 0 Å². The first-order valence-electron chi connectivity index (χ1n) is 7.56. The first kappa shape index (κ1) is 17.0. The van der Waals surface area contributed by atoms with Crippen LogP contribution in [0.2, 0.25) is 0 Å². The molecule has 0 aromatic heterocycles. The fourth-order valence-corrected chi connectivity index (χ4v) is 2.64. The van der Waals surface area contributed by atoms with Gasteiger partial charge in [0.15, 0.2) is 11.6 Å². The van der Waals surface area contributed by atoms with E-state index in [1.165, 1.54) is 7.11 Å². The normalized spacial score (nSPS) is 14.3. The van der Waals surface area contributed by atoms with Crippen molar-refractivity contribution in [3.05, 3.63) is 29.6 Å². The van der Waals surface area contributed by atoms with Gasteiger partial charge in [-0.05, 0) is 49.8 Å². The second-order valence-electron chi connectivity index (χ2n) is 5.79. The van der Waals surface area contributed by atoms with Crippen molar-refractivity contribution in [2.24, 2.45) is 11.8 Å². The van der Waals surface area contributed by atoms with Crippen molar-refractivity contribution >= 4 is 0 Å². The van der Waals surface area contributed by atoms with Crippen molar-refractivity contribution in [2.75, 3.05) is 13.7 Å². The van der Waals surface area contributed by atoms with Crippen LogP contribution in [0.1, 0.15) is 39.7 Å². The van der Waals surface area contributed by atoms with Crippen LogP contribution in [-0.4, -0.2) is 19.7 Å². The van der Waals surface area contributed by atoms with Crippen LogP contribution in [0, 0.1) is 17.7 Å². The molecule has 20 heavy (non-hydrogen) atoms. The second-order valence-corrected chi connectivity index (χ2v) is 5.79. The van der Waals surface area contributed by atoms with E-state index in [1.807, 2.05) is 12.1 Å². The van der Waals surface area contributed by atoms with Crippen LogP contribution in [-0.2, 0) is 6.42 Å². The zero-order valence-corrected chi connectivity index (χ0v) is 13.4. The van der Waals surface area contributed by atoms with Gasteiger partial charge < -0.3 is 10.1 Å². The summed E-state index contributed by atoms with van der Waals surface area (Å²) in [6.45, 7) is 9.76. The molecule has 0 fully saturated rings. The van der Waals surface area contributed by atoms with E-state index in [2.05, 4.69) is 33.0 Å². The van der Waals surface area contributed by atoms with Gasteiger partial charge >= 0.3 is 0 Å². The molecule has 0 aliphatic heterocycles. The molecular weight excluding hydrogens is 253 g/mol. The average molecular weight is 281 g/mol. The highest BCUT2D eigenvalue weighted by molar-refractivity contribution is 5.31. The van der Waals surface area contributed by atoms with Gasteiger partial charge in [-0.1, -0.05) is 32.9 Å². The quantitative estimate of drug-likeness (QED) is 0.776. The molecule has 1 N–H and O–H groups in total. The number of nitrogens with one attached hydrogen (secondary N) is 1. The molecule has 0 saturated carbocycles. The summed E-state index contributed by atoms with van der Waals surface area (Å²) in [6.07, 6.45) is 1.85. The van der Waals surface area contributed by atoms with Crippen LogP contribution in [0.5, 0.6) is 5.75 Å². The number of halogens is 1. The minimum absolute atomic E-state index is 0.219. The third kappa shape index (κ3) is 4.48. The molecule has 0 aliphatic carbocycles. The number of hydrogen-bond acceptors (Lipinski definition) is 2. The lowest BCUT2D eigenvalue weighted by Crippen LogP contribution is -2.38. The Morgan fingerprint density at radius 2 is 1.95 bits per heavy atom. The van der Waals surface area contributed by atoms with Gasteiger partial charge in [-0.2, -0.15) is 0 Å². The molecule has 0 bridgehead atoms. The van der Waals surface area contributed by atoms with Crippen molar-refractivity contribution in [2.45, 2.75) is 46.6 Å². The number of hydrogen-bond donors (Lipinski definition) is 1. The molecule has 1 rings (SSSR count). The van der Waals surface area contributed by atoms with E-state index in [4.69, 9.17) is 4.74 Å². The van der Waals surface area contributed by atoms with Crippen LogP contribution in [0.4, 0.5) is 4.39 Å². The molecule has 2 nitrogen and oxygen atoms in total. The van der Waals surface area contributed by atoms with E-state index in [0.717, 1.165) is 24.9 Å². The van der Waals surface area contributed by atoms with Crippen molar-refractivity contribution in [1.29, 1.82) is 0 Å². The highest BCUT2D eigenvalue weighted by Gasteiger charge is 2.22.